The highest BCUT2D eigenvalue weighted by atomic mass is 16.5. The lowest BCUT2D eigenvalue weighted by Gasteiger charge is -2.20. The van der Waals surface area contributed by atoms with E-state index >= 15 is 0 Å². The van der Waals surface area contributed by atoms with Crippen LogP contribution in [0.15, 0.2) is 4.79 Å². The third-order valence-electron chi connectivity index (χ3n) is 4.73. The number of carbonyl (C=O) groups excluding carboxylic acids is 1. The minimum Gasteiger partial charge on any atom is -0.378 e. The summed E-state index contributed by atoms with van der Waals surface area (Å²) < 4.78 is 5.51. The van der Waals surface area contributed by atoms with Crippen LogP contribution in [-0.2, 0) is 16.0 Å². The molecule has 0 bridgehead atoms. The Kier molecular flexibility index (Phi) is 6.12. The number of methoxy groups -OCH3 is 1. The lowest BCUT2D eigenvalue weighted by molar-refractivity contribution is -0.122. The Hall–Kier alpha value is -1.73. The Bertz CT molecular complexity index is 615. The fourth-order valence-corrected chi connectivity index (χ4v) is 3.24. The molecule has 1 aliphatic rings. The second kappa shape index (κ2) is 7.90. The largest absolute Gasteiger partial charge is 0.378 e. The van der Waals surface area contributed by atoms with Crippen molar-refractivity contribution in [3.05, 3.63) is 27.4 Å². The van der Waals surface area contributed by atoms with Gasteiger partial charge in [-0.05, 0) is 39.7 Å². The molecule has 2 N–H and O–H groups in total. The van der Waals surface area contributed by atoms with Gasteiger partial charge in [-0.3, -0.25) is 9.69 Å². The Labute approximate surface area is 142 Å². The van der Waals surface area contributed by atoms with Gasteiger partial charge in [-0.25, -0.2) is 4.79 Å². The van der Waals surface area contributed by atoms with Gasteiger partial charge in [0.1, 0.15) is 0 Å². The third kappa shape index (κ3) is 4.42. The molecule has 2 heterocycles. The molecular weight excluding hydrogens is 308 g/mol. The van der Waals surface area contributed by atoms with Crippen molar-refractivity contribution in [1.82, 2.24) is 20.2 Å². The number of hydrogen-bond donors (Lipinski definition) is 2. The molecule has 1 saturated heterocycles. The molecule has 1 aromatic heterocycles. The zero-order valence-electron chi connectivity index (χ0n) is 15.2. The number of aromatic nitrogens is 2. The molecule has 0 aromatic carbocycles. The van der Waals surface area contributed by atoms with Crippen molar-refractivity contribution < 1.29 is 9.53 Å². The number of rotatable bonds is 6. The van der Waals surface area contributed by atoms with E-state index in [2.05, 4.69) is 34.0 Å². The summed E-state index contributed by atoms with van der Waals surface area (Å²) in [6, 6.07) is 0.447. The van der Waals surface area contributed by atoms with Crippen LogP contribution in [0.1, 0.15) is 37.2 Å². The highest BCUT2D eigenvalue weighted by Gasteiger charge is 2.34. The summed E-state index contributed by atoms with van der Waals surface area (Å²) in [6.45, 7) is 9.56. The van der Waals surface area contributed by atoms with E-state index in [0.29, 0.717) is 24.6 Å². The molecule has 7 nitrogen and oxygen atoms in total. The summed E-state index contributed by atoms with van der Waals surface area (Å²) in [7, 11) is 1.69. The first-order valence-corrected chi connectivity index (χ1v) is 8.44. The predicted octanol–water partition coefficient (Wildman–Crippen LogP) is 0.543. The molecule has 7 heteroatoms. The Morgan fingerprint density at radius 2 is 2.12 bits per heavy atom. The normalized spacial score (nSPS) is 21.4. The molecule has 2 atom stereocenters. The van der Waals surface area contributed by atoms with Gasteiger partial charge in [-0.2, -0.15) is 4.98 Å². The van der Waals surface area contributed by atoms with Gasteiger partial charge in [0, 0.05) is 44.0 Å². The molecule has 0 unspecified atom stereocenters. The first kappa shape index (κ1) is 18.6. The number of aryl methyl sites for hydroxylation is 2. The van der Waals surface area contributed by atoms with Crippen LogP contribution < -0.4 is 11.0 Å². The van der Waals surface area contributed by atoms with Crippen molar-refractivity contribution in [3.63, 3.8) is 0 Å². The quantitative estimate of drug-likeness (QED) is 0.792. The van der Waals surface area contributed by atoms with Crippen LogP contribution in [0.4, 0.5) is 0 Å². The lowest BCUT2D eigenvalue weighted by atomic mass is 10.1. The van der Waals surface area contributed by atoms with Gasteiger partial charge in [0.05, 0.1) is 12.1 Å². The van der Waals surface area contributed by atoms with Gasteiger partial charge in [-0.15, -0.1) is 0 Å². The van der Waals surface area contributed by atoms with Crippen LogP contribution in [0.2, 0.25) is 0 Å². The molecule has 24 heavy (non-hydrogen) atoms. The molecule has 1 aromatic rings. The predicted molar refractivity (Wildman–Crippen MR) is 92.1 cm³/mol. The summed E-state index contributed by atoms with van der Waals surface area (Å²) in [5.74, 6) is -0.00217. The number of nitrogens with one attached hydrogen (secondary N) is 2. The van der Waals surface area contributed by atoms with Gasteiger partial charge in [0.25, 0.3) is 0 Å². The van der Waals surface area contributed by atoms with Crippen molar-refractivity contribution in [2.24, 2.45) is 0 Å². The fourth-order valence-electron chi connectivity index (χ4n) is 3.24. The molecular formula is C17H28N4O3. The average molecular weight is 336 g/mol. The van der Waals surface area contributed by atoms with E-state index in [4.69, 9.17) is 4.74 Å². The van der Waals surface area contributed by atoms with Crippen LogP contribution in [0, 0.1) is 13.8 Å². The van der Waals surface area contributed by atoms with Crippen molar-refractivity contribution in [2.75, 3.05) is 20.2 Å². The zero-order chi connectivity index (χ0) is 17.9. The summed E-state index contributed by atoms with van der Waals surface area (Å²) in [5, 5.41) is 3.09. The monoisotopic (exact) mass is 336 g/mol. The Morgan fingerprint density at radius 3 is 2.71 bits per heavy atom. The summed E-state index contributed by atoms with van der Waals surface area (Å²) in [4.78, 5) is 32.5. The van der Waals surface area contributed by atoms with Gasteiger partial charge >= 0.3 is 5.69 Å². The highest BCUT2D eigenvalue weighted by Crippen LogP contribution is 2.16. The molecule has 1 aliphatic heterocycles. The van der Waals surface area contributed by atoms with E-state index in [-0.39, 0.29) is 23.7 Å². The van der Waals surface area contributed by atoms with Crippen LogP contribution in [0.25, 0.3) is 0 Å². The minimum absolute atomic E-state index is 0.00217. The molecule has 0 saturated carbocycles. The topological polar surface area (TPSA) is 87.3 Å². The summed E-state index contributed by atoms with van der Waals surface area (Å²) in [5.41, 5.74) is 2.05. The third-order valence-corrected chi connectivity index (χ3v) is 4.73. The number of likely N-dealkylation sites (tertiary alicyclic amines) is 1. The van der Waals surface area contributed by atoms with Crippen molar-refractivity contribution in [2.45, 2.75) is 58.7 Å². The Morgan fingerprint density at radius 1 is 1.42 bits per heavy atom. The molecule has 1 fully saturated rings. The smallest absolute Gasteiger partial charge is 0.345 e. The van der Waals surface area contributed by atoms with E-state index in [1.54, 1.807) is 14.0 Å². The lowest BCUT2D eigenvalue weighted by Crippen LogP contribution is -2.43. The second-order valence-corrected chi connectivity index (χ2v) is 6.73. The standard InChI is InChI=1S/C17H28N4O3/c1-10(2)21-8-14(15(9-21)24-5)20-16(22)7-6-13-11(3)18-17(23)19-12(13)4/h10,14-15H,6-9H2,1-5H3,(H,20,22)(H,18,19,23)/t14-,15-/m1/s1. The van der Waals surface area contributed by atoms with E-state index in [0.717, 1.165) is 24.3 Å². The van der Waals surface area contributed by atoms with Gasteiger partial charge in [0.15, 0.2) is 0 Å². The van der Waals surface area contributed by atoms with E-state index in [9.17, 15) is 9.59 Å². The van der Waals surface area contributed by atoms with Gasteiger partial charge < -0.3 is 15.0 Å². The molecule has 0 spiro atoms. The number of amides is 1. The maximum absolute atomic E-state index is 12.3. The average Bonchev–Trinajstić information content (AvgIpc) is 2.89. The summed E-state index contributed by atoms with van der Waals surface area (Å²) in [6.07, 6.45) is 0.949. The van der Waals surface area contributed by atoms with Gasteiger partial charge in [0.2, 0.25) is 5.91 Å². The first-order valence-electron chi connectivity index (χ1n) is 8.44. The maximum atomic E-state index is 12.3. The van der Waals surface area contributed by atoms with Crippen LogP contribution in [-0.4, -0.2) is 59.2 Å². The van der Waals surface area contributed by atoms with Crippen LogP contribution >= 0.6 is 0 Å². The molecule has 1 amide bonds. The van der Waals surface area contributed by atoms with E-state index in [1.165, 1.54) is 0 Å². The van der Waals surface area contributed by atoms with Crippen molar-refractivity contribution in [1.29, 1.82) is 0 Å². The number of ether oxygens (including phenoxy) is 1. The maximum Gasteiger partial charge on any atom is 0.345 e. The summed E-state index contributed by atoms with van der Waals surface area (Å²) >= 11 is 0. The number of carbonyl (C=O) groups is 1. The molecule has 134 valence electrons. The SMILES string of the molecule is CO[C@@H]1CN(C(C)C)C[C@H]1NC(=O)CCc1c(C)nc(=O)[nH]c1C. The zero-order valence-corrected chi connectivity index (χ0v) is 15.2. The van der Waals surface area contributed by atoms with Crippen LogP contribution in [0.5, 0.6) is 0 Å². The number of nitrogens with zero attached hydrogens (tertiary/aromatic N) is 2. The Balaban J connectivity index is 1.93. The number of H-pyrrole nitrogens is 1. The van der Waals surface area contributed by atoms with Crippen molar-refractivity contribution in [3.8, 4) is 0 Å². The van der Waals surface area contributed by atoms with Crippen LogP contribution in [0.3, 0.4) is 0 Å². The fraction of sp³-hybridized carbons (Fsp3) is 0.706. The second-order valence-electron chi connectivity index (χ2n) is 6.73. The first-order chi connectivity index (χ1) is 11.3. The molecule has 0 aliphatic carbocycles. The number of aromatic amines is 1. The van der Waals surface area contributed by atoms with E-state index < -0.39 is 0 Å². The minimum atomic E-state index is -0.346. The highest BCUT2D eigenvalue weighted by molar-refractivity contribution is 5.76. The van der Waals surface area contributed by atoms with Crippen molar-refractivity contribution >= 4 is 5.91 Å². The molecule has 0 radical (unpaired) electrons. The number of hydrogen-bond acceptors (Lipinski definition) is 5. The van der Waals surface area contributed by atoms with Gasteiger partial charge in [-0.1, -0.05) is 0 Å². The molecule has 2 rings (SSSR count). The van der Waals surface area contributed by atoms with E-state index in [1.807, 2.05) is 6.92 Å².